The highest BCUT2D eigenvalue weighted by molar-refractivity contribution is 7.98. The van der Waals surface area contributed by atoms with Gasteiger partial charge in [-0.1, -0.05) is 13.0 Å². The van der Waals surface area contributed by atoms with Gasteiger partial charge in [0.2, 0.25) is 5.91 Å². The molecule has 0 saturated heterocycles. The van der Waals surface area contributed by atoms with Gasteiger partial charge in [0.15, 0.2) is 0 Å². The van der Waals surface area contributed by atoms with E-state index in [1.54, 1.807) is 11.8 Å². The first-order chi connectivity index (χ1) is 9.93. The molecule has 1 N–H and O–H groups in total. The summed E-state index contributed by atoms with van der Waals surface area (Å²) in [7, 11) is 4.01. The highest BCUT2D eigenvalue weighted by atomic mass is 32.2. The number of aryl methyl sites for hydroxylation is 1. The fourth-order valence-corrected chi connectivity index (χ4v) is 2.42. The number of thioether (sulfide) groups is 1. The molecule has 0 saturated carbocycles. The SMILES string of the molecule is CSC[C@H](C)C(=O)Nc1ccc(C)cc1OCCN(C)C. The molecule has 1 rings (SSSR count). The number of hydrogen-bond acceptors (Lipinski definition) is 4. The number of nitrogens with zero attached hydrogens (tertiary/aromatic N) is 1. The van der Waals surface area contributed by atoms with Crippen molar-refractivity contribution in [3.63, 3.8) is 0 Å². The van der Waals surface area contributed by atoms with E-state index in [0.717, 1.165) is 29.3 Å². The van der Waals surface area contributed by atoms with Gasteiger partial charge < -0.3 is 15.0 Å². The van der Waals surface area contributed by atoms with Crippen LogP contribution in [0.25, 0.3) is 0 Å². The van der Waals surface area contributed by atoms with Crippen LogP contribution in [0.5, 0.6) is 5.75 Å². The monoisotopic (exact) mass is 310 g/mol. The standard InChI is InChI=1S/C16H26N2O2S/c1-12-6-7-14(17-16(19)13(2)11-21-5)15(10-12)20-9-8-18(3)4/h6-7,10,13H,8-9,11H2,1-5H3,(H,17,19)/t13-/m0/s1. The number of rotatable bonds is 8. The number of anilines is 1. The summed E-state index contributed by atoms with van der Waals surface area (Å²) >= 11 is 1.67. The summed E-state index contributed by atoms with van der Waals surface area (Å²) in [5.41, 5.74) is 1.86. The van der Waals surface area contributed by atoms with Crippen LogP contribution in [0.2, 0.25) is 0 Å². The predicted octanol–water partition coefficient (Wildman–Crippen LogP) is 2.87. The number of nitrogens with one attached hydrogen (secondary N) is 1. The van der Waals surface area contributed by atoms with Crippen molar-refractivity contribution in [1.29, 1.82) is 0 Å². The Kier molecular flexibility index (Phi) is 7.61. The van der Waals surface area contributed by atoms with Crippen molar-refractivity contribution in [2.75, 3.05) is 44.6 Å². The van der Waals surface area contributed by atoms with Crippen molar-refractivity contribution in [2.24, 2.45) is 5.92 Å². The van der Waals surface area contributed by atoms with E-state index >= 15 is 0 Å². The van der Waals surface area contributed by atoms with E-state index < -0.39 is 0 Å². The average Bonchev–Trinajstić information content (AvgIpc) is 2.41. The lowest BCUT2D eigenvalue weighted by Crippen LogP contribution is -2.23. The van der Waals surface area contributed by atoms with Gasteiger partial charge in [0.1, 0.15) is 12.4 Å². The maximum atomic E-state index is 12.1. The third kappa shape index (κ3) is 6.40. The second-order valence-electron chi connectivity index (χ2n) is 5.50. The summed E-state index contributed by atoms with van der Waals surface area (Å²) in [6.45, 7) is 5.39. The third-order valence-electron chi connectivity index (χ3n) is 3.06. The van der Waals surface area contributed by atoms with Crippen LogP contribution in [-0.4, -0.2) is 50.1 Å². The molecule has 0 aliphatic carbocycles. The smallest absolute Gasteiger partial charge is 0.228 e. The van der Waals surface area contributed by atoms with Gasteiger partial charge in [0.05, 0.1) is 5.69 Å². The van der Waals surface area contributed by atoms with Gasteiger partial charge in [0.25, 0.3) is 0 Å². The number of carbonyl (C=O) groups is 1. The minimum absolute atomic E-state index is 0.0177. The Balaban J connectivity index is 2.74. The fraction of sp³-hybridized carbons (Fsp3) is 0.562. The molecule has 21 heavy (non-hydrogen) atoms. The van der Waals surface area contributed by atoms with Crippen molar-refractivity contribution in [1.82, 2.24) is 4.90 Å². The maximum absolute atomic E-state index is 12.1. The maximum Gasteiger partial charge on any atom is 0.228 e. The lowest BCUT2D eigenvalue weighted by atomic mass is 10.1. The van der Waals surface area contributed by atoms with Crippen LogP contribution in [0.15, 0.2) is 18.2 Å². The zero-order valence-corrected chi connectivity index (χ0v) is 14.4. The molecule has 1 amide bonds. The van der Waals surface area contributed by atoms with Crippen LogP contribution in [-0.2, 0) is 4.79 Å². The van der Waals surface area contributed by atoms with E-state index in [-0.39, 0.29) is 11.8 Å². The Morgan fingerprint density at radius 2 is 2.14 bits per heavy atom. The summed E-state index contributed by atoms with van der Waals surface area (Å²) in [6.07, 6.45) is 2.01. The number of ether oxygens (including phenoxy) is 1. The molecular formula is C16H26N2O2S. The average molecular weight is 310 g/mol. The summed E-state index contributed by atoms with van der Waals surface area (Å²) in [5, 5.41) is 2.97. The molecule has 5 heteroatoms. The van der Waals surface area contributed by atoms with Gasteiger partial charge in [-0.15, -0.1) is 0 Å². The molecule has 0 unspecified atom stereocenters. The van der Waals surface area contributed by atoms with Crippen LogP contribution in [0.3, 0.4) is 0 Å². The Morgan fingerprint density at radius 3 is 2.76 bits per heavy atom. The van der Waals surface area contributed by atoms with Crippen LogP contribution >= 0.6 is 11.8 Å². The van der Waals surface area contributed by atoms with Gasteiger partial charge in [-0.3, -0.25) is 4.79 Å². The number of benzene rings is 1. The summed E-state index contributed by atoms with van der Waals surface area (Å²) < 4.78 is 5.81. The molecule has 0 fully saturated rings. The predicted molar refractivity (Wildman–Crippen MR) is 91.4 cm³/mol. The molecule has 1 aromatic rings. The van der Waals surface area contributed by atoms with Crippen LogP contribution in [0, 0.1) is 12.8 Å². The van der Waals surface area contributed by atoms with Crippen molar-refractivity contribution in [3.8, 4) is 5.75 Å². The lowest BCUT2D eigenvalue weighted by Gasteiger charge is -2.17. The van der Waals surface area contributed by atoms with Gasteiger partial charge in [-0.2, -0.15) is 11.8 Å². The van der Waals surface area contributed by atoms with Gasteiger partial charge >= 0.3 is 0 Å². The molecular weight excluding hydrogens is 284 g/mol. The second-order valence-corrected chi connectivity index (χ2v) is 6.41. The molecule has 0 bridgehead atoms. The van der Waals surface area contributed by atoms with E-state index in [1.165, 1.54) is 0 Å². The van der Waals surface area contributed by atoms with Crippen LogP contribution in [0.1, 0.15) is 12.5 Å². The quantitative estimate of drug-likeness (QED) is 0.801. The molecule has 0 aromatic heterocycles. The molecule has 1 atom stereocenters. The van der Waals surface area contributed by atoms with E-state index in [9.17, 15) is 4.79 Å². The third-order valence-corrected chi connectivity index (χ3v) is 3.89. The van der Waals surface area contributed by atoms with Gasteiger partial charge in [-0.05, 0) is 45.0 Å². The second kappa shape index (κ2) is 8.95. The van der Waals surface area contributed by atoms with E-state index in [1.807, 2.05) is 52.4 Å². The molecule has 0 spiro atoms. The van der Waals surface area contributed by atoms with Crippen LogP contribution in [0.4, 0.5) is 5.69 Å². The highest BCUT2D eigenvalue weighted by Crippen LogP contribution is 2.26. The first-order valence-corrected chi connectivity index (χ1v) is 8.51. The summed E-state index contributed by atoms with van der Waals surface area (Å²) in [4.78, 5) is 14.2. The van der Waals surface area contributed by atoms with Crippen molar-refractivity contribution < 1.29 is 9.53 Å². The van der Waals surface area contributed by atoms with E-state index in [4.69, 9.17) is 4.74 Å². The minimum atomic E-state index is -0.0177. The Bertz CT molecular complexity index is 464. The Labute approximate surface area is 132 Å². The zero-order valence-electron chi connectivity index (χ0n) is 13.6. The topological polar surface area (TPSA) is 41.6 Å². The lowest BCUT2D eigenvalue weighted by molar-refractivity contribution is -0.118. The van der Waals surface area contributed by atoms with Crippen molar-refractivity contribution >= 4 is 23.4 Å². The number of hydrogen-bond donors (Lipinski definition) is 1. The van der Waals surface area contributed by atoms with Crippen molar-refractivity contribution in [3.05, 3.63) is 23.8 Å². The largest absolute Gasteiger partial charge is 0.490 e. The number of amides is 1. The highest BCUT2D eigenvalue weighted by Gasteiger charge is 2.14. The summed E-state index contributed by atoms with van der Waals surface area (Å²) in [6, 6.07) is 5.85. The van der Waals surface area contributed by atoms with E-state index in [2.05, 4.69) is 10.2 Å². The van der Waals surface area contributed by atoms with Gasteiger partial charge in [0, 0.05) is 18.2 Å². The molecule has 0 radical (unpaired) electrons. The Morgan fingerprint density at radius 1 is 1.43 bits per heavy atom. The molecule has 0 heterocycles. The van der Waals surface area contributed by atoms with Crippen LogP contribution < -0.4 is 10.1 Å². The number of carbonyl (C=O) groups excluding carboxylic acids is 1. The zero-order chi connectivity index (χ0) is 15.8. The minimum Gasteiger partial charge on any atom is -0.490 e. The first-order valence-electron chi connectivity index (χ1n) is 7.12. The molecule has 118 valence electrons. The molecule has 1 aromatic carbocycles. The van der Waals surface area contributed by atoms with Crippen molar-refractivity contribution in [2.45, 2.75) is 13.8 Å². The molecule has 4 nitrogen and oxygen atoms in total. The summed E-state index contributed by atoms with van der Waals surface area (Å²) in [5.74, 6) is 1.57. The van der Waals surface area contributed by atoms with E-state index in [0.29, 0.717) is 6.61 Å². The number of likely N-dealkylation sites (N-methyl/N-ethyl adjacent to an activating group) is 1. The normalized spacial score (nSPS) is 12.3. The fourth-order valence-electron chi connectivity index (χ4n) is 1.77. The molecule has 0 aliphatic rings. The Hall–Kier alpha value is -1.20. The molecule has 0 aliphatic heterocycles. The van der Waals surface area contributed by atoms with Gasteiger partial charge in [-0.25, -0.2) is 0 Å². The first kappa shape index (κ1) is 17.9.